The Labute approximate surface area is 237 Å². The number of carboxylic acids is 1. The molecule has 0 aromatic heterocycles. The van der Waals surface area contributed by atoms with Crippen LogP contribution in [0.25, 0.3) is 0 Å². The van der Waals surface area contributed by atoms with Gasteiger partial charge in [-0.15, -0.1) is 0 Å². The van der Waals surface area contributed by atoms with E-state index in [1.165, 1.54) is 24.3 Å². The predicted molar refractivity (Wildman–Crippen MR) is 134 cm³/mol. The van der Waals surface area contributed by atoms with E-state index in [0.29, 0.717) is 44.6 Å². The molecule has 2 aromatic carbocycles. The van der Waals surface area contributed by atoms with Crippen molar-refractivity contribution in [3.63, 3.8) is 0 Å². The molecule has 5 nitrogen and oxygen atoms in total. The number of benzene rings is 2. The molecular weight excluding hydrogens is 604 g/mol. The van der Waals surface area contributed by atoms with Gasteiger partial charge in [0.2, 0.25) is 0 Å². The minimum atomic E-state index is -6.27. The van der Waals surface area contributed by atoms with Gasteiger partial charge in [0.15, 0.2) is 9.64 Å². The second-order valence-electron chi connectivity index (χ2n) is 10.4. The van der Waals surface area contributed by atoms with Crippen LogP contribution in [-0.4, -0.2) is 62.3 Å². The van der Waals surface area contributed by atoms with Crippen LogP contribution in [0.1, 0.15) is 36.0 Å². The van der Waals surface area contributed by atoms with E-state index in [1.54, 1.807) is 0 Å². The molecule has 1 N–H and O–H groups in total. The summed E-state index contributed by atoms with van der Waals surface area (Å²) in [6, 6.07) is 6.21. The van der Waals surface area contributed by atoms with Gasteiger partial charge in [-0.05, 0) is 60.3 Å². The fourth-order valence-electron chi connectivity index (χ4n) is 6.01. The number of alkyl halides is 7. The zero-order chi connectivity index (χ0) is 30.0. The SMILES string of the molecule is O=C(O)C1CCN(SN2CCC3([S+]([O-])c4ccc(F)cc4)c4ccc(C(F)(C(F)(F)F)C(F)(F)F)cc4CC23)CC1. The van der Waals surface area contributed by atoms with Gasteiger partial charge in [0.05, 0.1) is 12.0 Å². The van der Waals surface area contributed by atoms with Crippen molar-refractivity contribution in [1.29, 1.82) is 0 Å². The molecule has 0 amide bonds. The molecule has 2 heterocycles. The number of nitrogens with zero attached hydrogens (tertiary/aromatic N) is 2. The lowest BCUT2D eigenvalue weighted by molar-refractivity contribution is -0.348. The maximum absolute atomic E-state index is 14.9. The van der Waals surface area contributed by atoms with Crippen molar-refractivity contribution in [3.05, 3.63) is 65.0 Å². The summed E-state index contributed by atoms with van der Waals surface area (Å²) >= 11 is -0.646. The molecular formula is C26H24F8N2O3S2. The predicted octanol–water partition coefficient (Wildman–Crippen LogP) is 6.11. The van der Waals surface area contributed by atoms with Crippen molar-refractivity contribution < 1.29 is 49.6 Å². The third-order valence-corrected chi connectivity index (χ3v) is 11.4. The molecule has 3 atom stereocenters. The fraction of sp³-hybridized carbons (Fsp3) is 0.500. The Hall–Kier alpha value is -2.07. The maximum atomic E-state index is 14.9. The lowest BCUT2D eigenvalue weighted by Gasteiger charge is -2.36. The van der Waals surface area contributed by atoms with E-state index in [1.807, 2.05) is 8.61 Å². The van der Waals surface area contributed by atoms with Crippen LogP contribution in [0.3, 0.4) is 0 Å². The largest absolute Gasteiger partial charge is 0.611 e. The summed E-state index contributed by atoms with van der Waals surface area (Å²) in [4.78, 5) is 11.5. The zero-order valence-corrected chi connectivity index (χ0v) is 22.8. The Morgan fingerprint density at radius 3 is 2.15 bits per heavy atom. The molecule has 15 heteroatoms. The van der Waals surface area contributed by atoms with E-state index in [0.717, 1.165) is 18.2 Å². The Morgan fingerprint density at radius 2 is 1.59 bits per heavy atom. The number of rotatable bonds is 6. The molecule has 0 bridgehead atoms. The van der Waals surface area contributed by atoms with Crippen molar-refractivity contribution in [3.8, 4) is 0 Å². The van der Waals surface area contributed by atoms with Crippen LogP contribution >= 0.6 is 12.1 Å². The number of fused-ring (bicyclic) bond motifs is 3. The van der Waals surface area contributed by atoms with E-state index in [2.05, 4.69) is 0 Å². The quantitative estimate of drug-likeness (QED) is 0.237. The van der Waals surface area contributed by atoms with E-state index in [9.17, 15) is 49.6 Å². The van der Waals surface area contributed by atoms with Crippen molar-refractivity contribution >= 4 is 29.3 Å². The first-order valence-electron chi connectivity index (χ1n) is 12.7. The zero-order valence-electron chi connectivity index (χ0n) is 21.1. The van der Waals surface area contributed by atoms with Gasteiger partial charge in [0.1, 0.15) is 5.82 Å². The lowest BCUT2D eigenvalue weighted by atomic mass is 9.90. The number of hydrogen-bond acceptors (Lipinski definition) is 5. The molecule has 5 rings (SSSR count). The van der Waals surface area contributed by atoms with E-state index in [-0.39, 0.29) is 28.9 Å². The Kier molecular flexibility index (Phi) is 7.84. The molecule has 0 saturated carbocycles. The van der Waals surface area contributed by atoms with Gasteiger partial charge >= 0.3 is 24.0 Å². The number of piperidine rings is 1. The number of halogens is 8. The first-order chi connectivity index (χ1) is 19.1. The van der Waals surface area contributed by atoms with Crippen LogP contribution in [0.2, 0.25) is 0 Å². The van der Waals surface area contributed by atoms with E-state index >= 15 is 0 Å². The highest BCUT2D eigenvalue weighted by Crippen LogP contribution is 2.58. The minimum Gasteiger partial charge on any atom is -0.611 e. The van der Waals surface area contributed by atoms with Crippen LogP contribution in [0.15, 0.2) is 47.4 Å². The van der Waals surface area contributed by atoms with Gasteiger partial charge in [0, 0.05) is 49.3 Å². The lowest BCUT2D eigenvalue weighted by Crippen LogP contribution is -2.50. The van der Waals surface area contributed by atoms with Crippen LogP contribution in [0.5, 0.6) is 0 Å². The monoisotopic (exact) mass is 628 g/mol. The molecule has 2 saturated heterocycles. The van der Waals surface area contributed by atoms with Crippen LogP contribution in [0, 0.1) is 11.7 Å². The topological polar surface area (TPSA) is 66.8 Å². The smallest absolute Gasteiger partial charge is 0.435 e. The van der Waals surface area contributed by atoms with Gasteiger partial charge < -0.3 is 9.66 Å². The first kappa shape index (κ1) is 30.4. The van der Waals surface area contributed by atoms with Gasteiger partial charge in [-0.1, -0.05) is 18.2 Å². The normalized spacial score (nSPS) is 25.2. The van der Waals surface area contributed by atoms with Crippen LogP contribution < -0.4 is 0 Å². The van der Waals surface area contributed by atoms with E-state index < -0.39 is 63.3 Å². The molecule has 3 aliphatic rings. The van der Waals surface area contributed by atoms with Gasteiger partial charge in [-0.25, -0.2) is 17.4 Å². The molecule has 224 valence electrons. The molecule has 1 aliphatic carbocycles. The van der Waals surface area contributed by atoms with Crippen molar-refractivity contribution in [2.24, 2.45) is 5.92 Å². The summed E-state index contributed by atoms with van der Waals surface area (Å²) in [5.74, 6) is -1.97. The Bertz CT molecular complexity index is 1290. The molecule has 41 heavy (non-hydrogen) atoms. The molecule has 2 aliphatic heterocycles. The van der Waals surface area contributed by atoms with Crippen molar-refractivity contribution in [2.75, 3.05) is 19.6 Å². The molecule has 0 spiro atoms. The number of aliphatic carboxylic acids is 1. The summed E-state index contributed by atoms with van der Waals surface area (Å²) in [5.41, 5.74) is -6.92. The van der Waals surface area contributed by atoms with Crippen LogP contribution in [0.4, 0.5) is 35.1 Å². The van der Waals surface area contributed by atoms with Crippen molar-refractivity contribution in [2.45, 2.75) is 59.4 Å². The number of hydrogen-bond donors (Lipinski definition) is 1. The average molecular weight is 629 g/mol. The van der Waals surface area contributed by atoms with Gasteiger partial charge in [-0.2, -0.15) is 26.3 Å². The molecule has 2 aromatic rings. The molecule has 2 fully saturated rings. The van der Waals surface area contributed by atoms with Crippen LogP contribution in [-0.2, 0) is 32.8 Å². The van der Waals surface area contributed by atoms with Crippen molar-refractivity contribution in [1.82, 2.24) is 8.61 Å². The maximum Gasteiger partial charge on any atom is 0.435 e. The summed E-state index contributed by atoms with van der Waals surface area (Å²) in [5, 5.41) is 9.27. The summed E-state index contributed by atoms with van der Waals surface area (Å²) < 4.78 is 126. The minimum absolute atomic E-state index is 0.0216. The average Bonchev–Trinajstić information content (AvgIpc) is 3.42. The third kappa shape index (κ3) is 5.00. The number of carbonyl (C=O) groups is 1. The second kappa shape index (κ2) is 10.6. The standard InChI is InChI=1S/C26H24F8N2O3S2/c27-18-2-4-19(5-3-18)41(39)23-9-12-36(40-35-10-7-15(8-11-35)22(37)38)21(23)14-16-13-17(1-6-20(16)23)24(28,25(29,30)31)26(32,33)34/h1-6,13,15,21H,7-12,14H2,(H,37,38). The van der Waals surface area contributed by atoms with Gasteiger partial charge in [-0.3, -0.25) is 4.79 Å². The third-order valence-electron chi connectivity index (χ3n) is 8.12. The highest BCUT2D eigenvalue weighted by molar-refractivity contribution is 7.95. The fourth-order valence-corrected chi connectivity index (χ4v) is 9.23. The Balaban J connectivity index is 1.53. The number of carboxylic acid groups (broad SMARTS) is 1. The highest BCUT2D eigenvalue weighted by Gasteiger charge is 2.74. The van der Waals surface area contributed by atoms with E-state index in [4.69, 9.17) is 0 Å². The highest BCUT2D eigenvalue weighted by atomic mass is 32.2. The van der Waals surface area contributed by atoms with Gasteiger partial charge in [0.25, 0.3) is 0 Å². The molecule has 3 unspecified atom stereocenters. The summed E-state index contributed by atoms with van der Waals surface area (Å²) in [7, 11) is 0. The Morgan fingerprint density at radius 1 is 0.976 bits per heavy atom. The first-order valence-corrected chi connectivity index (χ1v) is 14.5. The molecule has 0 radical (unpaired) electrons. The summed E-state index contributed by atoms with van der Waals surface area (Å²) in [6.45, 7) is 1.22. The second-order valence-corrected chi connectivity index (χ2v) is 13.3. The summed E-state index contributed by atoms with van der Waals surface area (Å²) in [6.07, 6.45) is -11.6.